The van der Waals surface area contributed by atoms with E-state index in [0.29, 0.717) is 16.6 Å². The summed E-state index contributed by atoms with van der Waals surface area (Å²) in [6, 6.07) is 5.86. The number of fused-ring (bicyclic) bond motifs is 1. The average molecular weight is 218 g/mol. The number of nitrogen functional groups attached to an aromatic ring is 1. The maximum absolute atomic E-state index is 11.2. The lowest BCUT2D eigenvalue weighted by Crippen LogP contribution is -2.25. The van der Waals surface area contributed by atoms with Crippen LogP contribution in [0.25, 0.3) is 11.0 Å². The van der Waals surface area contributed by atoms with E-state index in [-0.39, 0.29) is 12.0 Å². The summed E-state index contributed by atoms with van der Waals surface area (Å²) < 4.78 is 4.92. The fraction of sp³-hybridized carbons (Fsp3) is 0.0909. The smallest absolute Gasteiger partial charge is 0.336 e. The highest BCUT2D eigenvalue weighted by Gasteiger charge is 2.05. The first-order chi connectivity index (χ1) is 7.56. The summed E-state index contributed by atoms with van der Waals surface area (Å²) >= 11 is 0. The molecular weight excluding hydrogens is 210 g/mol. The van der Waals surface area contributed by atoms with Gasteiger partial charge in [0.15, 0.2) is 0 Å². The molecule has 0 aliphatic rings. The third-order valence-corrected chi connectivity index (χ3v) is 2.19. The lowest BCUT2D eigenvalue weighted by atomic mass is 10.1. The number of carboxylic acids is 1. The minimum absolute atomic E-state index is 0.281. The summed E-state index contributed by atoms with van der Waals surface area (Å²) in [5.74, 6) is -1.25. The van der Waals surface area contributed by atoms with E-state index in [9.17, 15) is 14.7 Å². The van der Waals surface area contributed by atoms with Gasteiger partial charge in [0.2, 0.25) is 0 Å². The maximum Gasteiger partial charge on any atom is 0.336 e. The van der Waals surface area contributed by atoms with Crippen molar-refractivity contribution in [1.82, 2.24) is 0 Å². The molecule has 0 aliphatic heterocycles. The van der Waals surface area contributed by atoms with Gasteiger partial charge in [0, 0.05) is 35.6 Å². The third kappa shape index (κ3) is 1.88. The SMILES string of the molecule is Nc1ccc2c(CC(=O)[O-])cc(=O)oc2c1. The lowest BCUT2D eigenvalue weighted by molar-refractivity contribution is -0.304. The van der Waals surface area contributed by atoms with Gasteiger partial charge in [-0.3, -0.25) is 0 Å². The Labute approximate surface area is 90.1 Å². The van der Waals surface area contributed by atoms with E-state index < -0.39 is 11.6 Å². The van der Waals surface area contributed by atoms with Gasteiger partial charge in [-0.2, -0.15) is 0 Å². The molecule has 82 valence electrons. The van der Waals surface area contributed by atoms with E-state index in [4.69, 9.17) is 10.2 Å². The molecule has 0 radical (unpaired) electrons. The number of carboxylic acid groups (broad SMARTS) is 1. The Balaban J connectivity index is 2.72. The van der Waals surface area contributed by atoms with Crippen LogP contribution in [0, 0.1) is 0 Å². The largest absolute Gasteiger partial charge is 0.550 e. The van der Waals surface area contributed by atoms with Gasteiger partial charge < -0.3 is 20.1 Å². The van der Waals surface area contributed by atoms with Gasteiger partial charge in [-0.25, -0.2) is 4.79 Å². The van der Waals surface area contributed by atoms with E-state index in [1.165, 1.54) is 6.07 Å². The topological polar surface area (TPSA) is 96.4 Å². The predicted octanol–water partition coefficient (Wildman–Crippen LogP) is -0.332. The van der Waals surface area contributed by atoms with Gasteiger partial charge in [0.1, 0.15) is 5.58 Å². The number of rotatable bonds is 2. The van der Waals surface area contributed by atoms with Crippen LogP contribution in [0.3, 0.4) is 0 Å². The zero-order valence-corrected chi connectivity index (χ0v) is 8.23. The van der Waals surface area contributed by atoms with Crippen LogP contribution in [0.4, 0.5) is 5.69 Å². The predicted molar refractivity (Wildman–Crippen MR) is 55.6 cm³/mol. The number of nitrogens with two attached hydrogens (primary N) is 1. The Kier molecular flexibility index (Phi) is 2.36. The Bertz CT molecular complexity index is 615. The molecule has 0 spiro atoms. The summed E-state index contributed by atoms with van der Waals surface area (Å²) in [7, 11) is 0. The van der Waals surface area contributed by atoms with E-state index in [0.717, 1.165) is 6.07 Å². The fourth-order valence-corrected chi connectivity index (χ4v) is 1.55. The van der Waals surface area contributed by atoms with Crippen molar-refractivity contribution in [3.63, 3.8) is 0 Å². The third-order valence-electron chi connectivity index (χ3n) is 2.19. The first-order valence-electron chi connectivity index (χ1n) is 4.58. The Morgan fingerprint density at radius 1 is 1.38 bits per heavy atom. The quantitative estimate of drug-likeness (QED) is 0.549. The van der Waals surface area contributed by atoms with Crippen molar-refractivity contribution in [2.75, 3.05) is 5.73 Å². The highest BCUT2D eigenvalue weighted by molar-refractivity contribution is 5.86. The second-order valence-corrected chi connectivity index (χ2v) is 3.40. The normalized spacial score (nSPS) is 10.5. The molecule has 1 aromatic carbocycles. The number of carbonyl (C=O) groups excluding carboxylic acids is 1. The molecule has 0 atom stereocenters. The summed E-state index contributed by atoms with van der Waals surface area (Å²) in [6.45, 7) is 0. The summed E-state index contributed by atoms with van der Waals surface area (Å²) in [5, 5.41) is 11.1. The van der Waals surface area contributed by atoms with Crippen molar-refractivity contribution in [2.24, 2.45) is 0 Å². The molecule has 0 saturated carbocycles. The second-order valence-electron chi connectivity index (χ2n) is 3.40. The molecule has 1 heterocycles. The monoisotopic (exact) mass is 218 g/mol. The van der Waals surface area contributed by atoms with Crippen molar-refractivity contribution >= 4 is 22.6 Å². The first-order valence-corrected chi connectivity index (χ1v) is 4.58. The number of hydrogen-bond donors (Lipinski definition) is 1. The van der Waals surface area contributed by atoms with Crippen LogP contribution in [0.1, 0.15) is 5.56 Å². The van der Waals surface area contributed by atoms with Crippen molar-refractivity contribution < 1.29 is 14.3 Å². The van der Waals surface area contributed by atoms with Crippen LogP contribution in [-0.4, -0.2) is 5.97 Å². The fourth-order valence-electron chi connectivity index (χ4n) is 1.55. The molecule has 16 heavy (non-hydrogen) atoms. The molecule has 5 nitrogen and oxygen atoms in total. The van der Waals surface area contributed by atoms with Crippen LogP contribution >= 0.6 is 0 Å². The molecule has 5 heteroatoms. The minimum atomic E-state index is -1.25. The van der Waals surface area contributed by atoms with Crippen LogP contribution in [0.5, 0.6) is 0 Å². The number of carbonyl (C=O) groups is 1. The molecule has 0 unspecified atom stereocenters. The van der Waals surface area contributed by atoms with Gasteiger partial charge in [-0.05, 0) is 17.7 Å². The second kappa shape index (κ2) is 3.69. The number of aliphatic carboxylic acids is 1. The highest BCUT2D eigenvalue weighted by Crippen LogP contribution is 2.19. The maximum atomic E-state index is 11.2. The number of anilines is 1. The Hall–Kier alpha value is -2.30. The van der Waals surface area contributed by atoms with Gasteiger partial charge in [0.05, 0.1) is 0 Å². The van der Waals surface area contributed by atoms with Crippen molar-refractivity contribution in [2.45, 2.75) is 6.42 Å². The Morgan fingerprint density at radius 2 is 2.12 bits per heavy atom. The summed E-state index contributed by atoms with van der Waals surface area (Å²) in [5.41, 5.74) is 6.03. The van der Waals surface area contributed by atoms with Gasteiger partial charge >= 0.3 is 5.63 Å². The number of benzene rings is 1. The van der Waals surface area contributed by atoms with Crippen molar-refractivity contribution in [3.05, 3.63) is 40.2 Å². The van der Waals surface area contributed by atoms with E-state index in [1.807, 2.05) is 0 Å². The van der Waals surface area contributed by atoms with Gasteiger partial charge in [-0.1, -0.05) is 0 Å². The van der Waals surface area contributed by atoms with E-state index in [2.05, 4.69) is 0 Å². The standard InChI is InChI=1S/C11H9NO4/c12-7-1-2-8-6(3-10(13)14)4-11(15)16-9(8)5-7/h1-2,4-5H,3,12H2,(H,13,14)/p-1. The van der Waals surface area contributed by atoms with Crippen LogP contribution in [0.15, 0.2) is 33.5 Å². The Morgan fingerprint density at radius 3 is 2.81 bits per heavy atom. The molecule has 2 N–H and O–H groups in total. The molecule has 2 rings (SSSR count). The molecule has 0 bridgehead atoms. The molecule has 0 amide bonds. The van der Waals surface area contributed by atoms with Gasteiger partial charge in [0.25, 0.3) is 0 Å². The zero-order valence-electron chi connectivity index (χ0n) is 8.23. The van der Waals surface area contributed by atoms with Gasteiger partial charge in [-0.15, -0.1) is 0 Å². The molecule has 2 aromatic rings. The van der Waals surface area contributed by atoms with Crippen LogP contribution < -0.4 is 16.5 Å². The molecular formula is C11H8NO4-. The van der Waals surface area contributed by atoms with Crippen LogP contribution in [0.2, 0.25) is 0 Å². The molecule has 0 aliphatic carbocycles. The van der Waals surface area contributed by atoms with Crippen LogP contribution in [-0.2, 0) is 11.2 Å². The lowest BCUT2D eigenvalue weighted by Gasteiger charge is -2.06. The molecule has 1 aromatic heterocycles. The van der Waals surface area contributed by atoms with Crippen molar-refractivity contribution in [1.29, 1.82) is 0 Å². The number of hydrogen-bond acceptors (Lipinski definition) is 5. The zero-order chi connectivity index (χ0) is 11.7. The molecule has 0 fully saturated rings. The first kappa shape index (κ1) is 10.2. The van der Waals surface area contributed by atoms with E-state index in [1.54, 1.807) is 12.1 Å². The summed E-state index contributed by atoms with van der Waals surface area (Å²) in [4.78, 5) is 21.7. The summed E-state index contributed by atoms with van der Waals surface area (Å²) in [6.07, 6.45) is -0.327. The van der Waals surface area contributed by atoms with Crippen molar-refractivity contribution in [3.8, 4) is 0 Å². The highest BCUT2D eigenvalue weighted by atomic mass is 16.4. The van der Waals surface area contributed by atoms with E-state index >= 15 is 0 Å². The minimum Gasteiger partial charge on any atom is -0.550 e. The average Bonchev–Trinajstić information content (AvgIpc) is 2.15. The molecule has 0 saturated heterocycles.